The van der Waals surface area contributed by atoms with Gasteiger partial charge in [-0.2, -0.15) is 0 Å². The first-order valence-corrected chi connectivity index (χ1v) is 6.99. The maximum Gasteiger partial charge on any atom is 0.133 e. The molecule has 0 radical (unpaired) electrons. The number of alkyl halides is 1. The molecule has 1 aliphatic rings. The number of hydrogen-bond donors (Lipinski definition) is 0. The van der Waals surface area contributed by atoms with E-state index < -0.39 is 0 Å². The summed E-state index contributed by atoms with van der Waals surface area (Å²) in [5.74, 6) is 0.905. The van der Waals surface area contributed by atoms with E-state index in [1.165, 1.54) is 24.8 Å². The molecule has 1 aromatic carbocycles. The number of benzene rings is 1. The molecule has 0 saturated heterocycles. The van der Waals surface area contributed by atoms with Gasteiger partial charge in [0.25, 0.3) is 0 Å². The van der Waals surface area contributed by atoms with Crippen molar-refractivity contribution in [2.45, 2.75) is 19.3 Å². The summed E-state index contributed by atoms with van der Waals surface area (Å²) >= 11 is 7.12. The predicted octanol–water partition coefficient (Wildman–Crippen LogP) is 4.18. The SMILES string of the molecule is COc1ccc(CC2(CBr)CC2)cc1Br. The normalized spacial score (nSPS) is 17.5. The lowest BCUT2D eigenvalue weighted by Gasteiger charge is -2.12. The minimum atomic E-state index is 0.536. The lowest BCUT2D eigenvalue weighted by molar-refractivity contribution is 0.412. The van der Waals surface area contributed by atoms with Crippen molar-refractivity contribution in [3.8, 4) is 5.75 Å². The van der Waals surface area contributed by atoms with Crippen LogP contribution < -0.4 is 4.74 Å². The zero-order chi connectivity index (χ0) is 10.9. The van der Waals surface area contributed by atoms with Crippen molar-refractivity contribution in [2.75, 3.05) is 12.4 Å². The van der Waals surface area contributed by atoms with Crippen LogP contribution in [0.1, 0.15) is 18.4 Å². The molecule has 0 amide bonds. The number of methoxy groups -OCH3 is 1. The van der Waals surface area contributed by atoms with Crippen molar-refractivity contribution in [1.82, 2.24) is 0 Å². The molecule has 1 saturated carbocycles. The zero-order valence-electron chi connectivity index (χ0n) is 8.72. The highest BCUT2D eigenvalue weighted by Crippen LogP contribution is 2.49. The van der Waals surface area contributed by atoms with Gasteiger partial charge in [-0.1, -0.05) is 22.0 Å². The second-order valence-electron chi connectivity index (χ2n) is 4.28. The smallest absolute Gasteiger partial charge is 0.133 e. The Kier molecular flexibility index (Phi) is 3.41. The Morgan fingerprint density at radius 3 is 2.60 bits per heavy atom. The molecule has 1 aromatic rings. The van der Waals surface area contributed by atoms with E-state index in [2.05, 4.69) is 44.0 Å². The molecule has 0 spiro atoms. The van der Waals surface area contributed by atoms with Crippen molar-refractivity contribution in [3.05, 3.63) is 28.2 Å². The molecule has 0 aromatic heterocycles. The van der Waals surface area contributed by atoms with Gasteiger partial charge in [-0.25, -0.2) is 0 Å². The first-order valence-electron chi connectivity index (χ1n) is 5.07. The topological polar surface area (TPSA) is 9.23 Å². The first-order chi connectivity index (χ1) is 7.19. The Balaban J connectivity index is 2.13. The Bertz CT molecular complexity index is 359. The van der Waals surface area contributed by atoms with Gasteiger partial charge in [-0.3, -0.25) is 0 Å². The number of halogens is 2. The van der Waals surface area contributed by atoms with E-state index in [4.69, 9.17) is 4.74 Å². The Labute approximate surface area is 107 Å². The molecule has 15 heavy (non-hydrogen) atoms. The summed E-state index contributed by atoms with van der Waals surface area (Å²) in [5, 5.41) is 1.11. The van der Waals surface area contributed by atoms with Gasteiger partial charge < -0.3 is 4.74 Å². The second-order valence-corrected chi connectivity index (χ2v) is 5.69. The molecule has 1 fully saturated rings. The van der Waals surface area contributed by atoms with E-state index in [9.17, 15) is 0 Å². The lowest BCUT2D eigenvalue weighted by atomic mass is 9.99. The van der Waals surface area contributed by atoms with Crippen LogP contribution in [0.2, 0.25) is 0 Å². The summed E-state index contributed by atoms with van der Waals surface area (Å²) in [6.07, 6.45) is 3.87. The molecule has 0 atom stereocenters. The Morgan fingerprint density at radius 2 is 2.13 bits per heavy atom. The van der Waals surface area contributed by atoms with Gasteiger partial charge in [0, 0.05) is 5.33 Å². The number of hydrogen-bond acceptors (Lipinski definition) is 1. The lowest BCUT2D eigenvalue weighted by Crippen LogP contribution is -2.06. The molecule has 82 valence electrons. The molecule has 1 nitrogen and oxygen atoms in total. The Morgan fingerprint density at radius 1 is 1.40 bits per heavy atom. The summed E-state index contributed by atoms with van der Waals surface area (Å²) in [6.45, 7) is 0. The standard InChI is InChI=1S/C12H14Br2O/c1-15-11-3-2-9(6-10(11)14)7-12(8-13)4-5-12/h2-3,6H,4-5,7-8H2,1H3. The largest absolute Gasteiger partial charge is 0.496 e. The molecule has 0 unspecified atom stereocenters. The van der Waals surface area contributed by atoms with Gasteiger partial charge in [0.15, 0.2) is 0 Å². The van der Waals surface area contributed by atoms with Crippen molar-refractivity contribution in [3.63, 3.8) is 0 Å². The first kappa shape index (κ1) is 11.5. The fraction of sp³-hybridized carbons (Fsp3) is 0.500. The van der Waals surface area contributed by atoms with Gasteiger partial charge in [0.05, 0.1) is 11.6 Å². The van der Waals surface area contributed by atoms with Crippen molar-refractivity contribution in [2.24, 2.45) is 5.41 Å². The highest BCUT2D eigenvalue weighted by molar-refractivity contribution is 9.10. The highest BCUT2D eigenvalue weighted by Gasteiger charge is 2.41. The fourth-order valence-electron chi connectivity index (χ4n) is 1.79. The van der Waals surface area contributed by atoms with Crippen LogP contribution in [0.25, 0.3) is 0 Å². The highest BCUT2D eigenvalue weighted by atomic mass is 79.9. The quantitative estimate of drug-likeness (QED) is 0.751. The minimum absolute atomic E-state index is 0.536. The maximum absolute atomic E-state index is 5.22. The van der Waals surface area contributed by atoms with Gasteiger partial charge >= 0.3 is 0 Å². The van der Waals surface area contributed by atoms with Crippen LogP contribution >= 0.6 is 31.9 Å². The van der Waals surface area contributed by atoms with Crippen LogP contribution in [0.3, 0.4) is 0 Å². The second kappa shape index (κ2) is 4.46. The molecule has 0 aliphatic heterocycles. The monoisotopic (exact) mass is 332 g/mol. The van der Waals surface area contributed by atoms with Crippen LogP contribution in [0.5, 0.6) is 5.75 Å². The summed E-state index contributed by atoms with van der Waals surface area (Å²) in [6, 6.07) is 6.36. The van der Waals surface area contributed by atoms with E-state index in [0.29, 0.717) is 5.41 Å². The van der Waals surface area contributed by atoms with E-state index in [-0.39, 0.29) is 0 Å². The average Bonchev–Trinajstić information content (AvgIpc) is 2.99. The Hall–Kier alpha value is -0.0200. The van der Waals surface area contributed by atoms with Gasteiger partial charge in [0.1, 0.15) is 5.75 Å². The molecule has 0 heterocycles. The maximum atomic E-state index is 5.22. The summed E-state index contributed by atoms with van der Waals surface area (Å²) in [7, 11) is 1.70. The summed E-state index contributed by atoms with van der Waals surface area (Å²) in [4.78, 5) is 0. The van der Waals surface area contributed by atoms with Crippen LogP contribution in [0.15, 0.2) is 22.7 Å². The third-order valence-corrected chi connectivity index (χ3v) is 4.85. The van der Waals surface area contributed by atoms with E-state index in [1.807, 2.05) is 6.07 Å². The van der Waals surface area contributed by atoms with E-state index in [0.717, 1.165) is 15.6 Å². The zero-order valence-corrected chi connectivity index (χ0v) is 11.9. The van der Waals surface area contributed by atoms with E-state index >= 15 is 0 Å². The predicted molar refractivity (Wildman–Crippen MR) is 69.9 cm³/mol. The van der Waals surface area contributed by atoms with E-state index in [1.54, 1.807) is 7.11 Å². The van der Waals surface area contributed by atoms with Crippen molar-refractivity contribution < 1.29 is 4.74 Å². The summed E-state index contributed by atoms with van der Waals surface area (Å²) in [5.41, 5.74) is 1.92. The number of ether oxygens (including phenoxy) is 1. The third kappa shape index (κ3) is 2.56. The fourth-order valence-corrected chi connectivity index (χ4v) is 3.13. The van der Waals surface area contributed by atoms with Crippen molar-refractivity contribution >= 4 is 31.9 Å². The number of rotatable bonds is 4. The van der Waals surface area contributed by atoms with Gasteiger partial charge in [-0.05, 0) is 58.3 Å². The van der Waals surface area contributed by atoms with Crippen LogP contribution in [0.4, 0.5) is 0 Å². The average molecular weight is 334 g/mol. The molecule has 0 N–H and O–H groups in total. The molecule has 1 aliphatic carbocycles. The molecule has 3 heteroatoms. The van der Waals surface area contributed by atoms with Crippen LogP contribution in [-0.2, 0) is 6.42 Å². The van der Waals surface area contributed by atoms with Gasteiger partial charge in [0.2, 0.25) is 0 Å². The van der Waals surface area contributed by atoms with Crippen LogP contribution in [-0.4, -0.2) is 12.4 Å². The molecular weight excluding hydrogens is 320 g/mol. The van der Waals surface area contributed by atoms with Crippen LogP contribution in [0, 0.1) is 5.41 Å². The molecule has 2 rings (SSSR count). The van der Waals surface area contributed by atoms with Crippen molar-refractivity contribution in [1.29, 1.82) is 0 Å². The third-order valence-electron chi connectivity index (χ3n) is 3.04. The summed E-state index contributed by atoms with van der Waals surface area (Å²) < 4.78 is 6.26. The molecular formula is C12H14Br2O. The van der Waals surface area contributed by atoms with Gasteiger partial charge in [-0.15, -0.1) is 0 Å². The molecule has 0 bridgehead atoms. The minimum Gasteiger partial charge on any atom is -0.496 e.